The molecule has 1 aromatic rings. The molecule has 0 spiro atoms. The molecule has 0 aromatic heterocycles. The Balaban J connectivity index is 2.71. The molecule has 0 fully saturated rings. The van der Waals surface area contributed by atoms with Gasteiger partial charge in [0, 0.05) is 7.05 Å². The van der Waals surface area contributed by atoms with Gasteiger partial charge in [-0.1, -0.05) is 6.07 Å². The molecule has 1 aliphatic rings. The number of rotatable bonds is 0. The SMILES string of the molecule is CN=C1Nc2c(N)cccc2S(=O)(=O)N1. The van der Waals surface area contributed by atoms with Crippen LogP contribution in [0.1, 0.15) is 0 Å². The van der Waals surface area contributed by atoms with Crippen molar-refractivity contribution in [2.75, 3.05) is 18.1 Å². The van der Waals surface area contributed by atoms with Crippen molar-refractivity contribution in [3.8, 4) is 0 Å². The third kappa shape index (κ3) is 1.50. The van der Waals surface area contributed by atoms with Crippen LogP contribution in [0.5, 0.6) is 0 Å². The van der Waals surface area contributed by atoms with Gasteiger partial charge in [-0.15, -0.1) is 0 Å². The molecule has 0 amide bonds. The molecule has 1 aliphatic heterocycles. The van der Waals surface area contributed by atoms with E-state index >= 15 is 0 Å². The fourth-order valence-electron chi connectivity index (χ4n) is 1.33. The Bertz CT molecular complexity index is 536. The summed E-state index contributed by atoms with van der Waals surface area (Å²) in [5, 5.41) is 2.81. The fraction of sp³-hybridized carbons (Fsp3) is 0.125. The van der Waals surface area contributed by atoms with Gasteiger partial charge in [0.15, 0.2) is 0 Å². The van der Waals surface area contributed by atoms with Gasteiger partial charge in [-0.25, -0.2) is 13.1 Å². The number of guanidine groups is 1. The van der Waals surface area contributed by atoms with Crippen molar-refractivity contribution in [2.24, 2.45) is 4.99 Å². The molecule has 2 rings (SSSR count). The number of para-hydroxylation sites is 1. The number of anilines is 2. The van der Waals surface area contributed by atoms with Crippen molar-refractivity contribution in [3.63, 3.8) is 0 Å². The highest BCUT2D eigenvalue weighted by Gasteiger charge is 2.27. The van der Waals surface area contributed by atoms with Crippen LogP contribution in [0.3, 0.4) is 0 Å². The van der Waals surface area contributed by atoms with Crippen LogP contribution in [0, 0.1) is 0 Å². The van der Waals surface area contributed by atoms with Crippen molar-refractivity contribution in [1.29, 1.82) is 0 Å². The lowest BCUT2D eigenvalue weighted by Gasteiger charge is -2.22. The molecule has 0 atom stereocenters. The topological polar surface area (TPSA) is 96.6 Å². The third-order valence-corrected chi connectivity index (χ3v) is 3.43. The van der Waals surface area contributed by atoms with E-state index in [1.807, 2.05) is 0 Å². The number of aliphatic imine (C=N–C) groups is 1. The number of sulfonamides is 1. The molecule has 0 saturated carbocycles. The van der Waals surface area contributed by atoms with E-state index in [9.17, 15) is 8.42 Å². The van der Waals surface area contributed by atoms with Gasteiger partial charge < -0.3 is 11.1 Å². The number of fused-ring (bicyclic) bond motifs is 1. The molecule has 1 aromatic carbocycles. The number of hydrogen-bond donors (Lipinski definition) is 3. The van der Waals surface area contributed by atoms with Crippen LogP contribution >= 0.6 is 0 Å². The van der Waals surface area contributed by atoms with E-state index in [2.05, 4.69) is 15.0 Å². The molecule has 0 unspecified atom stereocenters. The summed E-state index contributed by atoms with van der Waals surface area (Å²) in [5.41, 5.74) is 6.42. The van der Waals surface area contributed by atoms with Gasteiger partial charge in [-0.05, 0) is 12.1 Å². The molecule has 0 aliphatic carbocycles. The molecule has 1 heterocycles. The van der Waals surface area contributed by atoms with Crippen LogP contribution in [-0.2, 0) is 10.0 Å². The molecule has 0 bridgehead atoms. The van der Waals surface area contributed by atoms with Gasteiger partial charge in [0.1, 0.15) is 4.90 Å². The van der Waals surface area contributed by atoms with Crippen LogP contribution in [-0.4, -0.2) is 21.4 Å². The summed E-state index contributed by atoms with van der Waals surface area (Å²) in [5.74, 6) is 0.167. The first-order valence-electron chi connectivity index (χ1n) is 4.20. The van der Waals surface area contributed by atoms with Crippen LogP contribution < -0.4 is 15.8 Å². The highest BCUT2D eigenvalue weighted by molar-refractivity contribution is 7.90. The lowest BCUT2D eigenvalue weighted by Crippen LogP contribution is -2.40. The van der Waals surface area contributed by atoms with Crippen molar-refractivity contribution >= 4 is 27.4 Å². The summed E-state index contributed by atoms with van der Waals surface area (Å²) in [6.45, 7) is 0. The van der Waals surface area contributed by atoms with Gasteiger partial charge in [-0.3, -0.25) is 4.99 Å². The molecule has 15 heavy (non-hydrogen) atoms. The maximum absolute atomic E-state index is 11.7. The van der Waals surface area contributed by atoms with Crippen molar-refractivity contribution in [1.82, 2.24) is 4.72 Å². The second kappa shape index (κ2) is 3.13. The van der Waals surface area contributed by atoms with Gasteiger partial charge in [0.25, 0.3) is 10.0 Å². The van der Waals surface area contributed by atoms with E-state index in [-0.39, 0.29) is 10.9 Å². The van der Waals surface area contributed by atoms with Crippen molar-refractivity contribution in [2.45, 2.75) is 4.90 Å². The Kier molecular flexibility index (Phi) is 2.04. The lowest BCUT2D eigenvalue weighted by molar-refractivity contribution is 0.592. The molecule has 7 heteroatoms. The predicted molar refractivity (Wildman–Crippen MR) is 58.2 cm³/mol. The molecule has 4 N–H and O–H groups in total. The number of nitrogen functional groups attached to an aromatic ring is 1. The Labute approximate surface area is 87.3 Å². The maximum Gasteiger partial charge on any atom is 0.266 e. The van der Waals surface area contributed by atoms with Crippen LogP contribution in [0.25, 0.3) is 0 Å². The van der Waals surface area contributed by atoms with E-state index < -0.39 is 10.0 Å². The predicted octanol–water partition coefficient (Wildman–Crippen LogP) is -0.0416. The summed E-state index contributed by atoms with van der Waals surface area (Å²) in [6, 6.07) is 4.69. The molecule has 6 nitrogen and oxygen atoms in total. The van der Waals surface area contributed by atoms with Crippen LogP contribution in [0.4, 0.5) is 11.4 Å². The minimum Gasteiger partial charge on any atom is -0.397 e. The Morgan fingerprint density at radius 1 is 1.40 bits per heavy atom. The normalized spacial score (nSPS) is 20.2. The number of nitrogens with one attached hydrogen (secondary N) is 2. The van der Waals surface area contributed by atoms with E-state index in [0.717, 1.165) is 0 Å². The quantitative estimate of drug-likeness (QED) is 0.541. The average molecular weight is 226 g/mol. The van der Waals surface area contributed by atoms with E-state index in [4.69, 9.17) is 5.73 Å². The van der Waals surface area contributed by atoms with Gasteiger partial charge in [0.2, 0.25) is 5.96 Å². The van der Waals surface area contributed by atoms with E-state index in [1.165, 1.54) is 13.1 Å². The largest absolute Gasteiger partial charge is 0.397 e. The first-order valence-corrected chi connectivity index (χ1v) is 5.68. The minimum atomic E-state index is -3.55. The zero-order valence-corrected chi connectivity index (χ0v) is 8.80. The zero-order chi connectivity index (χ0) is 11.1. The highest BCUT2D eigenvalue weighted by Crippen LogP contribution is 2.29. The van der Waals surface area contributed by atoms with Gasteiger partial charge in [0.05, 0.1) is 11.4 Å². The molecular weight excluding hydrogens is 216 g/mol. The summed E-state index contributed by atoms with van der Waals surface area (Å²) in [4.78, 5) is 3.88. The molecule has 80 valence electrons. The Hall–Kier alpha value is -1.76. The van der Waals surface area contributed by atoms with Crippen molar-refractivity contribution < 1.29 is 8.42 Å². The summed E-state index contributed by atoms with van der Waals surface area (Å²) >= 11 is 0. The van der Waals surface area contributed by atoms with E-state index in [0.29, 0.717) is 11.4 Å². The zero-order valence-electron chi connectivity index (χ0n) is 7.98. The van der Waals surface area contributed by atoms with Crippen molar-refractivity contribution in [3.05, 3.63) is 18.2 Å². The molecule has 0 radical (unpaired) electrons. The first kappa shape index (κ1) is 9.78. The highest BCUT2D eigenvalue weighted by atomic mass is 32.2. The lowest BCUT2D eigenvalue weighted by atomic mass is 10.2. The third-order valence-electron chi connectivity index (χ3n) is 2.05. The number of benzene rings is 1. The Morgan fingerprint density at radius 3 is 2.80 bits per heavy atom. The second-order valence-electron chi connectivity index (χ2n) is 3.02. The summed E-state index contributed by atoms with van der Waals surface area (Å²) < 4.78 is 25.7. The van der Waals surface area contributed by atoms with Crippen LogP contribution in [0.15, 0.2) is 28.1 Å². The standard InChI is InChI=1S/C8H10N4O2S/c1-10-8-11-7-5(9)3-2-4-6(7)15(13,14)12-8/h2-4H,9H2,1H3,(H2,10,11,12). The number of nitrogens with two attached hydrogens (primary N) is 1. The monoisotopic (exact) mass is 226 g/mol. The fourth-order valence-corrected chi connectivity index (χ4v) is 2.54. The first-order chi connectivity index (χ1) is 7.04. The number of nitrogens with zero attached hydrogens (tertiary/aromatic N) is 1. The van der Waals surface area contributed by atoms with Gasteiger partial charge in [-0.2, -0.15) is 0 Å². The molecule has 0 saturated heterocycles. The second-order valence-corrected chi connectivity index (χ2v) is 4.67. The summed E-state index contributed by atoms with van der Waals surface area (Å²) in [6.07, 6.45) is 0. The Morgan fingerprint density at radius 2 is 2.13 bits per heavy atom. The number of hydrogen-bond acceptors (Lipinski definition) is 4. The maximum atomic E-state index is 11.7. The van der Waals surface area contributed by atoms with Crippen LogP contribution in [0.2, 0.25) is 0 Å². The minimum absolute atomic E-state index is 0.134. The molecular formula is C8H10N4O2S. The smallest absolute Gasteiger partial charge is 0.266 e. The summed E-state index contributed by atoms with van der Waals surface area (Å²) in [7, 11) is -2.07. The van der Waals surface area contributed by atoms with Gasteiger partial charge >= 0.3 is 0 Å². The van der Waals surface area contributed by atoms with E-state index in [1.54, 1.807) is 12.1 Å². The average Bonchev–Trinajstić information content (AvgIpc) is 2.18.